The number of carbonyl (C=O) groups is 4. The highest BCUT2D eigenvalue weighted by atomic mass is 16.8. The van der Waals surface area contributed by atoms with Gasteiger partial charge in [-0.3, -0.25) is 9.59 Å². The summed E-state index contributed by atoms with van der Waals surface area (Å²) >= 11 is 0. The molecule has 0 fully saturated rings. The van der Waals surface area contributed by atoms with Crippen LogP contribution in [0.15, 0.2) is 0 Å². The molecule has 0 saturated carbocycles. The van der Waals surface area contributed by atoms with Gasteiger partial charge in [0.05, 0.1) is 6.61 Å². The Morgan fingerprint density at radius 1 is 0.810 bits per heavy atom. The summed E-state index contributed by atoms with van der Waals surface area (Å²) in [5, 5.41) is 8.43. The van der Waals surface area contributed by atoms with Gasteiger partial charge in [0.15, 0.2) is 0 Å². The third kappa shape index (κ3) is 12.6. The Morgan fingerprint density at radius 3 is 1.95 bits per heavy atom. The van der Waals surface area contributed by atoms with E-state index < -0.39 is 24.2 Å². The van der Waals surface area contributed by atoms with E-state index >= 15 is 0 Å². The van der Waals surface area contributed by atoms with Crippen molar-refractivity contribution in [2.45, 2.75) is 51.9 Å². The molecule has 0 bridgehead atoms. The van der Waals surface area contributed by atoms with Crippen molar-refractivity contribution >= 4 is 24.2 Å². The molecule has 1 N–H and O–H groups in total. The Hall–Kier alpha value is -2.12. The Labute approximate surface area is 122 Å². The fourth-order valence-electron chi connectivity index (χ4n) is 1.46. The molecule has 0 spiro atoms. The quantitative estimate of drug-likeness (QED) is 0.392. The zero-order valence-corrected chi connectivity index (χ0v) is 12.0. The average Bonchev–Trinajstić information content (AvgIpc) is 2.37. The van der Waals surface area contributed by atoms with Crippen LogP contribution in [0.1, 0.15) is 51.9 Å². The lowest BCUT2D eigenvalue weighted by Crippen LogP contribution is -2.18. The second kappa shape index (κ2) is 11.7. The lowest BCUT2D eigenvalue weighted by atomic mass is 10.1. The Morgan fingerprint density at radius 2 is 1.38 bits per heavy atom. The first-order valence-electron chi connectivity index (χ1n) is 6.76. The van der Waals surface area contributed by atoms with Crippen molar-refractivity contribution in [2.75, 3.05) is 6.61 Å². The standard InChI is InChI=1S/C13H20O8/c1-2-19-12(17)21-13(18)20-11(16)9-7-5-3-4-6-8-10(14)15/h2-9H2,1H3,(H,14,15). The van der Waals surface area contributed by atoms with E-state index in [2.05, 4.69) is 14.2 Å². The van der Waals surface area contributed by atoms with Gasteiger partial charge in [-0.15, -0.1) is 0 Å². The smallest absolute Gasteiger partial charge is 0.481 e. The van der Waals surface area contributed by atoms with Gasteiger partial charge in [-0.25, -0.2) is 9.59 Å². The van der Waals surface area contributed by atoms with Crippen molar-refractivity contribution in [2.24, 2.45) is 0 Å². The molecule has 0 unspecified atom stereocenters. The van der Waals surface area contributed by atoms with E-state index in [0.717, 1.165) is 19.3 Å². The first kappa shape index (κ1) is 18.9. The Bertz CT molecular complexity index is 363. The molecular formula is C13H20O8. The molecule has 0 rings (SSSR count). The lowest BCUT2D eigenvalue weighted by molar-refractivity contribution is -0.139. The first-order valence-corrected chi connectivity index (χ1v) is 6.76. The van der Waals surface area contributed by atoms with Crippen LogP contribution in [0.25, 0.3) is 0 Å². The molecule has 0 radical (unpaired) electrons. The number of carboxylic acid groups (broad SMARTS) is 1. The van der Waals surface area contributed by atoms with Crippen LogP contribution in [-0.2, 0) is 23.8 Å². The van der Waals surface area contributed by atoms with Crippen LogP contribution in [-0.4, -0.2) is 36.0 Å². The number of carbonyl (C=O) groups excluding carboxylic acids is 3. The molecule has 21 heavy (non-hydrogen) atoms. The van der Waals surface area contributed by atoms with Gasteiger partial charge in [-0.2, -0.15) is 0 Å². The van der Waals surface area contributed by atoms with Crippen molar-refractivity contribution in [1.29, 1.82) is 0 Å². The van der Waals surface area contributed by atoms with Gasteiger partial charge in [-0.05, 0) is 19.8 Å². The van der Waals surface area contributed by atoms with Crippen LogP contribution in [0.4, 0.5) is 9.59 Å². The van der Waals surface area contributed by atoms with Crippen LogP contribution < -0.4 is 0 Å². The second-order valence-corrected chi connectivity index (χ2v) is 4.17. The summed E-state index contributed by atoms with van der Waals surface area (Å²) < 4.78 is 12.6. The lowest BCUT2D eigenvalue weighted by Gasteiger charge is -2.03. The molecule has 0 aromatic heterocycles. The van der Waals surface area contributed by atoms with Gasteiger partial charge in [0.25, 0.3) is 0 Å². The number of aliphatic carboxylic acids is 1. The van der Waals surface area contributed by atoms with Gasteiger partial charge in [0.2, 0.25) is 0 Å². The van der Waals surface area contributed by atoms with E-state index in [1.807, 2.05) is 0 Å². The summed E-state index contributed by atoms with van der Waals surface area (Å²) in [5.74, 6) is -1.60. The van der Waals surface area contributed by atoms with E-state index in [9.17, 15) is 19.2 Å². The number of hydrogen-bond acceptors (Lipinski definition) is 7. The fraction of sp³-hybridized carbons (Fsp3) is 0.692. The molecule has 0 aliphatic heterocycles. The van der Waals surface area contributed by atoms with Crippen molar-refractivity contribution in [1.82, 2.24) is 0 Å². The average molecular weight is 304 g/mol. The molecule has 0 atom stereocenters. The maximum Gasteiger partial charge on any atom is 0.526 e. The van der Waals surface area contributed by atoms with Gasteiger partial charge in [0.1, 0.15) is 0 Å². The predicted octanol–water partition coefficient (Wildman–Crippen LogP) is 2.64. The van der Waals surface area contributed by atoms with Gasteiger partial charge < -0.3 is 19.3 Å². The summed E-state index contributed by atoms with van der Waals surface area (Å²) in [6.45, 7) is 1.58. The number of rotatable bonds is 9. The molecular weight excluding hydrogens is 284 g/mol. The molecule has 0 aliphatic rings. The van der Waals surface area contributed by atoms with E-state index in [1.54, 1.807) is 0 Å². The normalized spacial score (nSPS) is 9.76. The number of carboxylic acids is 1. The van der Waals surface area contributed by atoms with Crippen LogP contribution >= 0.6 is 0 Å². The molecule has 0 aliphatic carbocycles. The van der Waals surface area contributed by atoms with E-state index in [4.69, 9.17) is 5.11 Å². The monoisotopic (exact) mass is 304 g/mol. The predicted molar refractivity (Wildman–Crippen MR) is 69.5 cm³/mol. The molecule has 0 saturated heterocycles. The molecule has 0 aromatic rings. The van der Waals surface area contributed by atoms with Crippen LogP contribution in [0.3, 0.4) is 0 Å². The zero-order valence-electron chi connectivity index (χ0n) is 12.0. The minimum atomic E-state index is -1.40. The highest BCUT2D eigenvalue weighted by molar-refractivity contribution is 5.86. The van der Waals surface area contributed by atoms with Crippen molar-refractivity contribution in [3.8, 4) is 0 Å². The van der Waals surface area contributed by atoms with E-state index in [-0.39, 0.29) is 19.4 Å². The van der Waals surface area contributed by atoms with Crippen molar-refractivity contribution in [3.63, 3.8) is 0 Å². The Balaban J connectivity index is 3.55. The fourth-order valence-corrected chi connectivity index (χ4v) is 1.46. The highest BCUT2D eigenvalue weighted by Crippen LogP contribution is 2.08. The molecule has 0 amide bonds. The van der Waals surface area contributed by atoms with Gasteiger partial charge in [-0.1, -0.05) is 19.3 Å². The maximum atomic E-state index is 11.2. The maximum absolute atomic E-state index is 11.2. The minimum absolute atomic E-state index is 0.0247. The molecule has 0 aromatic carbocycles. The summed E-state index contributed by atoms with van der Waals surface area (Å²) in [5.41, 5.74) is 0. The summed E-state index contributed by atoms with van der Waals surface area (Å²) in [6.07, 6.45) is 0.957. The molecule has 0 heterocycles. The summed E-state index contributed by atoms with van der Waals surface area (Å²) in [4.78, 5) is 43.2. The molecule has 8 nitrogen and oxygen atoms in total. The third-order valence-corrected chi connectivity index (χ3v) is 2.40. The third-order valence-electron chi connectivity index (χ3n) is 2.40. The van der Waals surface area contributed by atoms with Crippen molar-refractivity contribution in [3.05, 3.63) is 0 Å². The number of unbranched alkanes of at least 4 members (excludes halogenated alkanes) is 4. The van der Waals surface area contributed by atoms with Crippen molar-refractivity contribution < 1.29 is 38.5 Å². The summed E-state index contributed by atoms with van der Waals surface area (Å²) in [6, 6.07) is 0. The van der Waals surface area contributed by atoms with E-state index in [0.29, 0.717) is 12.8 Å². The number of hydrogen-bond donors (Lipinski definition) is 1. The highest BCUT2D eigenvalue weighted by Gasteiger charge is 2.16. The number of esters is 1. The van der Waals surface area contributed by atoms with E-state index in [1.165, 1.54) is 6.92 Å². The van der Waals surface area contributed by atoms with Gasteiger partial charge in [0, 0.05) is 12.8 Å². The topological polar surface area (TPSA) is 116 Å². The second-order valence-electron chi connectivity index (χ2n) is 4.17. The Kier molecular flexibility index (Phi) is 10.5. The van der Waals surface area contributed by atoms with Gasteiger partial charge >= 0.3 is 24.2 Å². The first-order chi connectivity index (χ1) is 9.95. The largest absolute Gasteiger partial charge is 0.526 e. The molecule has 8 heteroatoms. The summed E-state index contributed by atoms with van der Waals surface area (Å²) in [7, 11) is 0. The molecule has 120 valence electrons. The zero-order chi connectivity index (χ0) is 16.1. The van der Waals surface area contributed by atoms with Crippen LogP contribution in [0, 0.1) is 0 Å². The minimum Gasteiger partial charge on any atom is -0.481 e. The SMILES string of the molecule is CCOC(=O)OC(=O)OC(=O)CCCCCCCC(=O)O. The van der Waals surface area contributed by atoms with Crippen LogP contribution in [0.2, 0.25) is 0 Å². The van der Waals surface area contributed by atoms with Crippen LogP contribution in [0.5, 0.6) is 0 Å². The number of ether oxygens (including phenoxy) is 3.